The highest BCUT2D eigenvalue weighted by molar-refractivity contribution is 7.15. The van der Waals surface area contributed by atoms with Gasteiger partial charge in [-0.15, -0.1) is 11.3 Å². The topological polar surface area (TPSA) is 77.9 Å². The molecule has 1 aromatic rings. The summed E-state index contributed by atoms with van der Waals surface area (Å²) in [4.78, 5) is 44.2. The number of carbonyl (C=O) groups excluding carboxylic acids is 2. The molecule has 7 heteroatoms. The van der Waals surface area contributed by atoms with Gasteiger partial charge in [0.25, 0.3) is 0 Å². The molecule has 0 radical (unpaired) electrons. The Kier molecular flexibility index (Phi) is 8.69. The molecule has 192 valence electrons. The van der Waals surface area contributed by atoms with E-state index in [2.05, 4.69) is 18.8 Å². The molecule has 2 amide bonds. The lowest BCUT2D eigenvalue weighted by Gasteiger charge is -2.37. The molecule has 6 nitrogen and oxygen atoms in total. The molecule has 3 rings (SSSR count). The van der Waals surface area contributed by atoms with Crippen LogP contribution in [0.2, 0.25) is 0 Å². The number of carbonyl (C=O) groups is 3. The molecule has 1 saturated carbocycles. The molecular weight excluding hydrogens is 460 g/mol. The molecule has 1 atom stereocenters. The van der Waals surface area contributed by atoms with Crippen LogP contribution in [-0.4, -0.2) is 46.4 Å². The van der Waals surface area contributed by atoms with Crippen molar-refractivity contribution < 1.29 is 19.5 Å². The van der Waals surface area contributed by atoms with Gasteiger partial charge in [0.05, 0.1) is 10.6 Å². The van der Waals surface area contributed by atoms with Crippen LogP contribution in [0.15, 0.2) is 6.07 Å². The van der Waals surface area contributed by atoms with Crippen molar-refractivity contribution in [3.8, 4) is 11.8 Å². The van der Waals surface area contributed by atoms with Crippen molar-refractivity contribution >= 4 is 34.8 Å². The highest BCUT2D eigenvalue weighted by atomic mass is 32.1. The predicted octanol–water partition coefficient (Wildman–Crippen LogP) is 5.79. The summed E-state index contributed by atoms with van der Waals surface area (Å²) in [6, 6.07) is 1.04. The summed E-state index contributed by atoms with van der Waals surface area (Å²) >= 11 is 1.09. The summed E-state index contributed by atoms with van der Waals surface area (Å²) in [5.41, 5.74) is 0.0879. The van der Waals surface area contributed by atoms with Crippen molar-refractivity contribution in [3.63, 3.8) is 0 Å². The Morgan fingerprint density at radius 3 is 2.37 bits per heavy atom. The van der Waals surface area contributed by atoms with Crippen LogP contribution >= 0.6 is 11.3 Å². The number of carboxylic acid groups (broad SMARTS) is 1. The molecule has 0 aromatic carbocycles. The number of carboxylic acids is 1. The first kappa shape index (κ1) is 27.3. The van der Waals surface area contributed by atoms with Gasteiger partial charge in [-0.2, -0.15) is 0 Å². The lowest BCUT2D eigenvalue weighted by molar-refractivity contribution is -0.136. The number of hydrogen-bond donors (Lipinski definition) is 1. The molecule has 2 heterocycles. The maximum absolute atomic E-state index is 14.1. The third-order valence-electron chi connectivity index (χ3n) is 6.96. The summed E-state index contributed by atoms with van der Waals surface area (Å²) in [5, 5.41) is 10.1. The second-order valence-electron chi connectivity index (χ2n) is 11.4. The van der Waals surface area contributed by atoms with E-state index in [0.717, 1.165) is 49.9 Å². The van der Waals surface area contributed by atoms with Crippen LogP contribution in [0.25, 0.3) is 0 Å². The first-order valence-electron chi connectivity index (χ1n) is 12.9. The SMILES string of the molecule is CC1CCC(C(=O)N(c2cc(C#CC(C)(C)C)sc2C(=O)O)[C@H]2CCCCN(C(C)C)C2=O)CC1. The first-order chi connectivity index (χ1) is 16.4. The fourth-order valence-electron chi connectivity index (χ4n) is 4.97. The van der Waals surface area contributed by atoms with Crippen LogP contribution in [0.1, 0.15) is 101 Å². The van der Waals surface area contributed by atoms with Gasteiger partial charge in [0.2, 0.25) is 11.8 Å². The van der Waals surface area contributed by atoms with Crippen LogP contribution in [0.3, 0.4) is 0 Å². The zero-order valence-corrected chi connectivity index (χ0v) is 22.8. The van der Waals surface area contributed by atoms with Crippen molar-refractivity contribution in [2.45, 2.75) is 98.6 Å². The largest absolute Gasteiger partial charge is 0.477 e. The number of nitrogens with zero attached hydrogens (tertiary/aromatic N) is 2. The number of hydrogen-bond acceptors (Lipinski definition) is 4. The monoisotopic (exact) mass is 500 g/mol. The Morgan fingerprint density at radius 1 is 1.14 bits per heavy atom. The fourth-order valence-corrected chi connectivity index (χ4v) is 5.81. The summed E-state index contributed by atoms with van der Waals surface area (Å²) in [5.74, 6) is 5.37. The number of aromatic carboxylic acids is 1. The van der Waals surface area contributed by atoms with Crippen LogP contribution < -0.4 is 4.90 Å². The van der Waals surface area contributed by atoms with E-state index >= 15 is 0 Å². The van der Waals surface area contributed by atoms with E-state index < -0.39 is 12.0 Å². The van der Waals surface area contributed by atoms with Gasteiger partial charge in [0.1, 0.15) is 10.9 Å². The van der Waals surface area contributed by atoms with E-state index in [0.29, 0.717) is 29.4 Å². The maximum Gasteiger partial charge on any atom is 0.348 e. The Bertz CT molecular complexity index is 1000. The Morgan fingerprint density at radius 2 is 1.80 bits per heavy atom. The summed E-state index contributed by atoms with van der Waals surface area (Å²) in [6.07, 6.45) is 5.71. The molecule has 1 N–H and O–H groups in total. The second kappa shape index (κ2) is 11.2. The van der Waals surface area contributed by atoms with Crippen LogP contribution in [-0.2, 0) is 9.59 Å². The minimum Gasteiger partial charge on any atom is -0.477 e. The quantitative estimate of drug-likeness (QED) is 0.519. The molecular formula is C28H40N2O4S. The highest BCUT2D eigenvalue weighted by Gasteiger charge is 2.41. The van der Waals surface area contributed by atoms with E-state index in [1.54, 1.807) is 11.0 Å². The van der Waals surface area contributed by atoms with Crippen molar-refractivity contribution in [2.75, 3.05) is 11.4 Å². The van der Waals surface area contributed by atoms with E-state index in [1.807, 2.05) is 39.5 Å². The second-order valence-corrected chi connectivity index (χ2v) is 12.5. The lowest BCUT2D eigenvalue weighted by atomic mass is 9.82. The van der Waals surface area contributed by atoms with E-state index in [9.17, 15) is 19.5 Å². The van der Waals surface area contributed by atoms with Gasteiger partial charge in [-0.1, -0.05) is 18.8 Å². The summed E-state index contributed by atoms with van der Waals surface area (Å²) in [6.45, 7) is 12.8. The van der Waals surface area contributed by atoms with Gasteiger partial charge in [0, 0.05) is 23.9 Å². The highest BCUT2D eigenvalue weighted by Crippen LogP contribution is 2.38. The van der Waals surface area contributed by atoms with Crippen LogP contribution in [0.5, 0.6) is 0 Å². The van der Waals surface area contributed by atoms with E-state index in [4.69, 9.17) is 0 Å². The number of thiophene rings is 1. The Labute approximate surface area is 214 Å². The van der Waals surface area contributed by atoms with Gasteiger partial charge < -0.3 is 10.0 Å². The zero-order chi connectivity index (χ0) is 25.9. The fraction of sp³-hybridized carbons (Fsp3) is 0.679. The number of rotatable bonds is 5. The lowest BCUT2D eigenvalue weighted by Crippen LogP contribution is -2.53. The van der Waals surface area contributed by atoms with Crippen molar-refractivity contribution in [1.82, 2.24) is 4.90 Å². The van der Waals surface area contributed by atoms with Crippen molar-refractivity contribution in [1.29, 1.82) is 0 Å². The normalized spacial score (nSPS) is 23.5. The molecule has 2 fully saturated rings. The average molecular weight is 501 g/mol. The molecule has 1 saturated heterocycles. The van der Waals surface area contributed by atoms with Gasteiger partial charge in [-0.3, -0.25) is 14.5 Å². The van der Waals surface area contributed by atoms with Gasteiger partial charge >= 0.3 is 5.97 Å². The standard InChI is InChI=1S/C28H40N2O4S/c1-18(2)29-16-8-7-9-22(26(29)32)30(25(31)20-12-10-19(3)11-13-20)23-17-21(14-15-28(4,5)6)35-24(23)27(33)34/h17-20,22H,7-13,16H2,1-6H3,(H,33,34)/t19?,20?,22-/m0/s1. The minimum atomic E-state index is -1.09. The molecule has 35 heavy (non-hydrogen) atoms. The zero-order valence-electron chi connectivity index (χ0n) is 22.0. The number of anilines is 1. The van der Waals surface area contributed by atoms with Crippen molar-refractivity contribution in [3.05, 3.63) is 15.8 Å². The van der Waals surface area contributed by atoms with Gasteiger partial charge in [-0.05, 0) is 91.5 Å². The van der Waals surface area contributed by atoms with Crippen molar-refractivity contribution in [2.24, 2.45) is 17.3 Å². The molecule has 2 aliphatic rings. The minimum absolute atomic E-state index is 0.0187. The van der Waals surface area contributed by atoms with Gasteiger partial charge in [0.15, 0.2) is 0 Å². The molecule has 0 bridgehead atoms. The summed E-state index contributed by atoms with van der Waals surface area (Å²) < 4.78 is 0. The smallest absolute Gasteiger partial charge is 0.348 e. The van der Waals surface area contributed by atoms with E-state index in [-0.39, 0.29) is 34.1 Å². The third-order valence-corrected chi connectivity index (χ3v) is 7.99. The van der Waals surface area contributed by atoms with Crippen LogP contribution in [0.4, 0.5) is 5.69 Å². The Hall–Kier alpha value is -2.33. The molecule has 1 aliphatic carbocycles. The average Bonchev–Trinajstić information content (AvgIpc) is 3.10. The van der Waals surface area contributed by atoms with E-state index in [1.165, 1.54) is 0 Å². The molecule has 0 unspecified atom stereocenters. The first-order valence-corrected chi connectivity index (χ1v) is 13.7. The predicted molar refractivity (Wildman–Crippen MR) is 141 cm³/mol. The number of amides is 2. The molecule has 1 aliphatic heterocycles. The number of likely N-dealkylation sites (tertiary alicyclic amines) is 1. The maximum atomic E-state index is 14.1. The summed E-state index contributed by atoms with van der Waals surface area (Å²) in [7, 11) is 0. The Balaban J connectivity index is 2.11. The van der Waals surface area contributed by atoms with Gasteiger partial charge in [-0.25, -0.2) is 4.79 Å². The molecule has 0 spiro atoms. The third kappa shape index (κ3) is 6.67. The van der Waals surface area contributed by atoms with Crippen LogP contribution in [0, 0.1) is 29.1 Å². The molecule has 1 aromatic heterocycles.